The summed E-state index contributed by atoms with van der Waals surface area (Å²) in [7, 11) is 0. The fourth-order valence-corrected chi connectivity index (χ4v) is 1.73. The van der Waals surface area contributed by atoms with E-state index in [0.717, 1.165) is 12.8 Å². The van der Waals surface area contributed by atoms with E-state index in [1.54, 1.807) is 0 Å². The predicted octanol–water partition coefficient (Wildman–Crippen LogP) is 5.32. The van der Waals surface area contributed by atoms with Gasteiger partial charge in [-0.05, 0) is 37.5 Å². The van der Waals surface area contributed by atoms with Gasteiger partial charge in [0, 0.05) is 0 Å². The van der Waals surface area contributed by atoms with Crippen LogP contribution in [-0.2, 0) is 4.74 Å². The van der Waals surface area contributed by atoms with Gasteiger partial charge in [0.05, 0.1) is 13.2 Å². The molecule has 0 rings (SSSR count). The Morgan fingerprint density at radius 3 is 1.63 bits per heavy atom. The zero-order chi connectivity index (χ0) is 14.3. The highest BCUT2D eigenvalue weighted by atomic mass is 16.5. The molecule has 108 valence electrons. The molecule has 0 aromatic carbocycles. The van der Waals surface area contributed by atoms with Crippen molar-refractivity contribution in [2.45, 2.75) is 39.5 Å². The molecule has 0 bridgehead atoms. The van der Waals surface area contributed by atoms with Crippen molar-refractivity contribution in [3.05, 3.63) is 49.6 Å². The van der Waals surface area contributed by atoms with Gasteiger partial charge in [-0.25, -0.2) is 0 Å². The van der Waals surface area contributed by atoms with Gasteiger partial charge in [-0.15, -0.1) is 13.2 Å². The second-order valence-electron chi connectivity index (χ2n) is 5.08. The lowest BCUT2D eigenvalue weighted by molar-refractivity contribution is 0.193. The maximum Gasteiger partial charge on any atom is 0.0651 e. The van der Waals surface area contributed by atoms with Gasteiger partial charge in [0.2, 0.25) is 0 Å². The minimum Gasteiger partial charge on any atom is -0.373 e. The number of allylic oxidation sites excluding steroid dienone is 4. The molecule has 0 saturated carbocycles. The molecule has 0 heterocycles. The van der Waals surface area contributed by atoms with E-state index in [0.29, 0.717) is 25.0 Å². The quantitative estimate of drug-likeness (QED) is 0.341. The predicted molar refractivity (Wildman–Crippen MR) is 86.3 cm³/mol. The van der Waals surface area contributed by atoms with Crippen LogP contribution in [0.2, 0.25) is 0 Å². The summed E-state index contributed by atoms with van der Waals surface area (Å²) in [6, 6.07) is 0. The Hall–Kier alpha value is -1.08. The molecular formula is C18H30O. The molecule has 0 amide bonds. The summed E-state index contributed by atoms with van der Waals surface area (Å²) < 4.78 is 5.53. The Labute approximate surface area is 119 Å². The molecule has 1 nitrogen and oxygen atoms in total. The molecule has 0 spiro atoms. The van der Waals surface area contributed by atoms with Crippen LogP contribution in [0.5, 0.6) is 0 Å². The molecule has 2 atom stereocenters. The minimum absolute atomic E-state index is 0.607. The first kappa shape index (κ1) is 17.9. The van der Waals surface area contributed by atoms with E-state index in [9.17, 15) is 0 Å². The maximum atomic E-state index is 5.53. The van der Waals surface area contributed by atoms with Crippen LogP contribution in [0.25, 0.3) is 0 Å². The van der Waals surface area contributed by atoms with Gasteiger partial charge in [-0.1, -0.05) is 50.3 Å². The second kappa shape index (κ2) is 13.4. The third kappa shape index (κ3) is 13.2. The topological polar surface area (TPSA) is 9.23 Å². The summed E-state index contributed by atoms with van der Waals surface area (Å²) >= 11 is 0. The van der Waals surface area contributed by atoms with Gasteiger partial charge >= 0.3 is 0 Å². The summed E-state index contributed by atoms with van der Waals surface area (Å²) in [4.78, 5) is 0. The van der Waals surface area contributed by atoms with Crippen molar-refractivity contribution >= 4 is 0 Å². The van der Waals surface area contributed by atoms with Crippen LogP contribution >= 0.6 is 0 Å². The number of hydrogen-bond acceptors (Lipinski definition) is 1. The van der Waals surface area contributed by atoms with Crippen LogP contribution in [-0.4, -0.2) is 13.2 Å². The highest BCUT2D eigenvalue weighted by Gasteiger charge is 1.94. The molecule has 19 heavy (non-hydrogen) atoms. The van der Waals surface area contributed by atoms with Gasteiger partial charge in [0.25, 0.3) is 0 Å². The van der Waals surface area contributed by atoms with E-state index in [1.165, 1.54) is 12.8 Å². The van der Waals surface area contributed by atoms with Gasteiger partial charge < -0.3 is 4.74 Å². The first-order chi connectivity index (χ1) is 9.20. The average molecular weight is 262 g/mol. The third-order valence-corrected chi connectivity index (χ3v) is 3.01. The van der Waals surface area contributed by atoms with Crippen molar-refractivity contribution < 1.29 is 4.74 Å². The Kier molecular flexibility index (Phi) is 12.6. The van der Waals surface area contributed by atoms with Crippen molar-refractivity contribution in [2.75, 3.05) is 13.2 Å². The standard InChI is InChI=1S/C18H30O/c1-5-7-11-17(3)13-9-15-19-16-10-14-18(4)12-8-6-2/h5-6,9-10,13-14,17-18H,1-2,7-8,11-12,15-16H2,3-4H3. The smallest absolute Gasteiger partial charge is 0.0651 e. The Balaban J connectivity index is 3.52. The van der Waals surface area contributed by atoms with Crippen LogP contribution < -0.4 is 0 Å². The van der Waals surface area contributed by atoms with Crippen molar-refractivity contribution in [3.8, 4) is 0 Å². The minimum atomic E-state index is 0.607. The first-order valence-corrected chi connectivity index (χ1v) is 7.33. The molecular weight excluding hydrogens is 232 g/mol. The molecule has 0 aromatic rings. The van der Waals surface area contributed by atoms with E-state index < -0.39 is 0 Å². The van der Waals surface area contributed by atoms with E-state index in [4.69, 9.17) is 4.74 Å². The third-order valence-electron chi connectivity index (χ3n) is 3.01. The molecule has 0 fully saturated rings. The highest BCUT2D eigenvalue weighted by molar-refractivity contribution is 4.90. The molecule has 0 aromatic heterocycles. The average Bonchev–Trinajstić information content (AvgIpc) is 2.41. The number of rotatable bonds is 12. The van der Waals surface area contributed by atoms with Crippen molar-refractivity contribution in [1.29, 1.82) is 0 Å². The fraction of sp³-hybridized carbons (Fsp3) is 0.556. The normalized spacial score (nSPS) is 14.8. The van der Waals surface area contributed by atoms with Crippen molar-refractivity contribution in [2.24, 2.45) is 11.8 Å². The molecule has 0 N–H and O–H groups in total. The van der Waals surface area contributed by atoms with Gasteiger partial charge in [0.1, 0.15) is 0 Å². The molecule has 0 aliphatic heterocycles. The van der Waals surface area contributed by atoms with Crippen molar-refractivity contribution in [3.63, 3.8) is 0 Å². The lowest BCUT2D eigenvalue weighted by Gasteiger charge is -2.04. The summed E-state index contributed by atoms with van der Waals surface area (Å²) in [5, 5.41) is 0. The van der Waals surface area contributed by atoms with Crippen LogP contribution in [0.4, 0.5) is 0 Å². The lowest BCUT2D eigenvalue weighted by Crippen LogP contribution is -1.94. The van der Waals surface area contributed by atoms with Crippen LogP contribution in [0.1, 0.15) is 39.5 Å². The number of ether oxygens (including phenoxy) is 1. The monoisotopic (exact) mass is 262 g/mol. The molecule has 0 aliphatic rings. The van der Waals surface area contributed by atoms with Crippen molar-refractivity contribution in [1.82, 2.24) is 0 Å². The Morgan fingerprint density at radius 1 is 0.842 bits per heavy atom. The van der Waals surface area contributed by atoms with E-state index in [2.05, 4.69) is 51.3 Å². The van der Waals surface area contributed by atoms with Crippen LogP contribution in [0.15, 0.2) is 49.6 Å². The summed E-state index contributed by atoms with van der Waals surface area (Å²) in [5.41, 5.74) is 0. The van der Waals surface area contributed by atoms with Crippen LogP contribution in [0, 0.1) is 11.8 Å². The summed E-state index contributed by atoms with van der Waals surface area (Å²) in [5.74, 6) is 1.21. The largest absolute Gasteiger partial charge is 0.373 e. The number of hydrogen-bond donors (Lipinski definition) is 0. The van der Waals surface area contributed by atoms with Crippen LogP contribution in [0.3, 0.4) is 0 Å². The van der Waals surface area contributed by atoms with Gasteiger partial charge in [0.15, 0.2) is 0 Å². The summed E-state index contributed by atoms with van der Waals surface area (Å²) in [6.45, 7) is 13.3. The Morgan fingerprint density at radius 2 is 1.26 bits per heavy atom. The zero-order valence-electron chi connectivity index (χ0n) is 12.7. The molecule has 0 aliphatic carbocycles. The molecule has 0 radical (unpaired) electrons. The van der Waals surface area contributed by atoms with E-state index in [-0.39, 0.29) is 0 Å². The first-order valence-electron chi connectivity index (χ1n) is 7.33. The lowest BCUT2D eigenvalue weighted by atomic mass is 10.1. The summed E-state index contributed by atoms with van der Waals surface area (Å²) in [6.07, 6.45) is 17.1. The van der Waals surface area contributed by atoms with E-state index in [1.807, 2.05) is 12.2 Å². The zero-order valence-corrected chi connectivity index (χ0v) is 12.7. The highest BCUT2D eigenvalue weighted by Crippen LogP contribution is 2.08. The van der Waals surface area contributed by atoms with E-state index >= 15 is 0 Å². The second-order valence-corrected chi connectivity index (χ2v) is 5.08. The Bertz CT molecular complexity index is 247. The maximum absolute atomic E-state index is 5.53. The molecule has 1 heteroatoms. The van der Waals surface area contributed by atoms with Gasteiger partial charge in [-0.2, -0.15) is 0 Å². The SMILES string of the molecule is C=CCCC(C)C=CCOCC=CC(C)CCC=C. The fourth-order valence-electron chi connectivity index (χ4n) is 1.73. The molecule has 0 saturated heterocycles. The van der Waals surface area contributed by atoms with Gasteiger partial charge in [-0.3, -0.25) is 0 Å². The molecule has 2 unspecified atom stereocenters.